The third kappa shape index (κ3) is 3.93. The Hall–Kier alpha value is -3.40. The number of hydrogen-bond donors (Lipinski definition) is 2. The van der Waals surface area contributed by atoms with Crippen LogP contribution >= 0.6 is 0 Å². The molecule has 1 amide bonds. The molecule has 2 N–H and O–H groups in total. The molecule has 0 bridgehead atoms. The van der Waals surface area contributed by atoms with Gasteiger partial charge in [-0.15, -0.1) is 0 Å². The summed E-state index contributed by atoms with van der Waals surface area (Å²) in [5, 5.41) is 15.8. The van der Waals surface area contributed by atoms with E-state index in [-0.39, 0.29) is 5.91 Å². The van der Waals surface area contributed by atoms with E-state index >= 15 is 0 Å². The van der Waals surface area contributed by atoms with Crippen molar-refractivity contribution >= 4 is 11.6 Å². The van der Waals surface area contributed by atoms with Crippen molar-refractivity contribution in [2.75, 3.05) is 0 Å². The third-order valence-corrected chi connectivity index (χ3v) is 3.87. The van der Waals surface area contributed by atoms with Crippen molar-refractivity contribution in [3.63, 3.8) is 0 Å². The van der Waals surface area contributed by atoms with Gasteiger partial charge in [-0.2, -0.15) is 0 Å². The normalized spacial score (nSPS) is 11.1. The summed E-state index contributed by atoms with van der Waals surface area (Å²) in [6.45, 7) is 0.435. The van der Waals surface area contributed by atoms with Crippen molar-refractivity contribution in [2.45, 2.75) is 6.54 Å². The van der Waals surface area contributed by atoms with Crippen molar-refractivity contribution in [1.29, 1.82) is 0 Å². The number of carbonyl (C=O) groups is 1. The van der Waals surface area contributed by atoms with E-state index in [2.05, 4.69) is 10.5 Å². The molecule has 124 valence electrons. The first kappa shape index (κ1) is 16.5. The first-order valence-electron chi connectivity index (χ1n) is 7.98. The number of rotatable bonds is 5. The van der Waals surface area contributed by atoms with E-state index in [0.29, 0.717) is 23.4 Å². The highest BCUT2D eigenvalue weighted by atomic mass is 16.4. The SMILES string of the molecule is O=C(NCc1ccccc1)c1ccccc1/C(=N/O)c1ccccc1. The summed E-state index contributed by atoms with van der Waals surface area (Å²) in [6.07, 6.45) is 0. The van der Waals surface area contributed by atoms with Crippen LogP contribution in [-0.2, 0) is 6.54 Å². The van der Waals surface area contributed by atoms with E-state index in [9.17, 15) is 10.0 Å². The van der Waals surface area contributed by atoms with Crippen LogP contribution in [0.3, 0.4) is 0 Å². The highest BCUT2D eigenvalue weighted by Crippen LogP contribution is 2.16. The molecule has 0 aliphatic rings. The molecule has 0 unspecified atom stereocenters. The Morgan fingerprint density at radius 2 is 1.36 bits per heavy atom. The minimum atomic E-state index is -0.212. The summed E-state index contributed by atoms with van der Waals surface area (Å²) >= 11 is 0. The second-order valence-electron chi connectivity index (χ2n) is 5.53. The van der Waals surface area contributed by atoms with Crippen molar-refractivity contribution in [2.24, 2.45) is 5.16 Å². The zero-order valence-corrected chi connectivity index (χ0v) is 13.6. The molecule has 3 aromatic carbocycles. The van der Waals surface area contributed by atoms with E-state index in [1.807, 2.05) is 66.7 Å². The topological polar surface area (TPSA) is 61.7 Å². The first-order valence-corrected chi connectivity index (χ1v) is 7.98. The van der Waals surface area contributed by atoms with Gasteiger partial charge in [0.1, 0.15) is 5.71 Å². The molecule has 3 rings (SSSR count). The summed E-state index contributed by atoms with van der Waals surface area (Å²) in [5.74, 6) is -0.212. The maximum absolute atomic E-state index is 12.6. The molecule has 4 nitrogen and oxygen atoms in total. The molecule has 0 atom stereocenters. The van der Waals surface area contributed by atoms with Gasteiger partial charge in [0.05, 0.1) is 0 Å². The van der Waals surface area contributed by atoms with E-state index < -0.39 is 0 Å². The van der Waals surface area contributed by atoms with Crippen LogP contribution in [0.15, 0.2) is 90.1 Å². The van der Waals surface area contributed by atoms with Gasteiger partial charge in [-0.1, -0.05) is 84.0 Å². The smallest absolute Gasteiger partial charge is 0.252 e. The molecule has 0 spiro atoms. The maximum atomic E-state index is 12.6. The number of amides is 1. The van der Waals surface area contributed by atoms with Crippen LogP contribution in [0.5, 0.6) is 0 Å². The number of hydrogen-bond acceptors (Lipinski definition) is 3. The lowest BCUT2D eigenvalue weighted by Gasteiger charge is -2.11. The molecule has 25 heavy (non-hydrogen) atoms. The monoisotopic (exact) mass is 330 g/mol. The lowest BCUT2D eigenvalue weighted by Crippen LogP contribution is -2.25. The lowest BCUT2D eigenvalue weighted by molar-refractivity contribution is 0.0950. The number of carbonyl (C=O) groups excluding carboxylic acids is 1. The number of oxime groups is 1. The molecule has 0 radical (unpaired) electrons. The summed E-state index contributed by atoms with van der Waals surface area (Å²) in [5.41, 5.74) is 3.18. The van der Waals surface area contributed by atoms with Gasteiger partial charge in [0.15, 0.2) is 0 Å². The fourth-order valence-electron chi connectivity index (χ4n) is 2.62. The molecular weight excluding hydrogens is 312 g/mol. The largest absolute Gasteiger partial charge is 0.410 e. The van der Waals surface area contributed by atoms with Gasteiger partial charge in [0.2, 0.25) is 0 Å². The fraction of sp³-hybridized carbons (Fsp3) is 0.0476. The van der Waals surface area contributed by atoms with Crippen LogP contribution < -0.4 is 5.32 Å². The van der Waals surface area contributed by atoms with Crippen LogP contribution in [0, 0.1) is 0 Å². The molecule has 3 aromatic rings. The Labute approximate surface area is 146 Å². The van der Waals surface area contributed by atoms with E-state index in [4.69, 9.17) is 0 Å². The van der Waals surface area contributed by atoms with Crippen molar-refractivity contribution < 1.29 is 10.0 Å². The Morgan fingerprint density at radius 1 is 0.800 bits per heavy atom. The molecule has 0 saturated heterocycles. The van der Waals surface area contributed by atoms with Crippen LogP contribution in [0.2, 0.25) is 0 Å². The Bertz CT molecular complexity index is 875. The molecule has 0 aliphatic heterocycles. The Kier molecular flexibility index (Phi) is 5.22. The van der Waals surface area contributed by atoms with Gasteiger partial charge < -0.3 is 10.5 Å². The first-order chi connectivity index (χ1) is 12.3. The fourth-order valence-corrected chi connectivity index (χ4v) is 2.62. The number of nitrogens with zero attached hydrogens (tertiary/aromatic N) is 1. The van der Waals surface area contributed by atoms with Gasteiger partial charge in [-0.25, -0.2) is 0 Å². The van der Waals surface area contributed by atoms with Crippen LogP contribution in [0.4, 0.5) is 0 Å². The molecule has 0 aliphatic carbocycles. The summed E-state index contributed by atoms with van der Waals surface area (Å²) in [6, 6.07) is 26.1. The quantitative estimate of drug-likeness (QED) is 0.424. The maximum Gasteiger partial charge on any atom is 0.252 e. The van der Waals surface area contributed by atoms with Gasteiger partial charge in [-0.3, -0.25) is 4.79 Å². The number of benzene rings is 3. The summed E-state index contributed by atoms with van der Waals surface area (Å²) < 4.78 is 0. The van der Waals surface area contributed by atoms with E-state index in [0.717, 1.165) is 11.1 Å². The molecular formula is C21H18N2O2. The minimum Gasteiger partial charge on any atom is -0.410 e. The van der Waals surface area contributed by atoms with Crippen molar-refractivity contribution in [3.05, 3.63) is 107 Å². The van der Waals surface area contributed by atoms with Crippen molar-refractivity contribution in [1.82, 2.24) is 5.32 Å². The van der Waals surface area contributed by atoms with E-state index in [1.54, 1.807) is 18.2 Å². The van der Waals surface area contributed by atoms with Crippen LogP contribution in [0.1, 0.15) is 27.0 Å². The van der Waals surface area contributed by atoms with Crippen molar-refractivity contribution in [3.8, 4) is 0 Å². The Balaban J connectivity index is 1.86. The number of nitrogens with one attached hydrogen (secondary N) is 1. The van der Waals surface area contributed by atoms with Gasteiger partial charge >= 0.3 is 0 Å². The average Bonchev–Trinajstić information content (AvgIpc) is 2.69. The highest BCUT2D eigenvalue weighted by Gasteiger charge is 2.16. The standard InChI is InChI=1S/C21H18N2O2/c24-21(22-15-16-9-3-1-4-10-16)19-14-8-7-13-18(19)20(23-25)17-11-5-2-6-12-17/h1-14,25H,15H2,(H,22,24)/b23-20+. The van der Waals surface area contributed by atoms with Crippen LogP contribution in [-0.4, -0.2) is 16.8 Å². The predicted molar refractivity (Wildman–Crippen MR) is 97.9 cm³/mol. The van der Waals surface area contributed by atoms with Crippen LogP contribution in [0.25, 0.3) is 0 Å². The minimum absolute atomic E-state index is 0.212. The molecule has 0 saturated carbocycles. The molecule has 0 fully saturated rings. The second-order valence-corrected chi connectivity index (χ2v) is 5.53. The average molecular weight is 330 g/mol. The van der Waals surface area contributed by atoms with Gasteiger partial charge in [0.25, 0.3) is 5.91 Å². The van der Waals surface area contributed by atoms with Gasteiger partial charge in [-0.05, 0) is 11.6 Å². The molecule has 0 heterocycles. The zero-order chi connectivity index (χ0) is 17.5. The zero-order valence-electron chi connectivity index (χ0n) is 13.6. The highest BCUT2D eigenvalue weighted by molar-refractivity contribution is 6.17. The molecule has 4 heteroatoms. The second kappa shape index (κ2) is 7.93. The summed E-state index contributed by atoms with van der Waals surface area (Å²) in [4.78, 5) is 12.6. The third-order valence-electron chi connectivity index (χ3n) is 3.87. The molecule has 0 aromatic heterocycles. The van der Waals surface area contributed by atoms with E-state index in [1.165, 1.54) is 0 Å². The Morgan fingerprint density at radius 3 is 2.00 bits per heavy atom. The predicted octanol–water partition coefficient (Wildman–Crippen LogP) is 3.84. The lowest BCUT2D eigenvalue weighted by atomic mass is 9.97. The van der Waals surface area contributed by atoms with Gasteiger partial charge in [0, 0.05) is 23.2 Å². The summed E-state index contributed by atoms with van der Waals surface area (Å²) in [7, 11) is 0.